The summed E-state index contributed by atoms with van der Waals surface area (Å²) in [5.41, 5.74) is 7.88. The highest BCUT2D eigenvalue weighted by Crippen LogP contribution is 2.15. The van der Waals surface area contributed by atoms with Crippen molar-refractivity contribution in [1.82, 2.24) is 10.2 Å². The van der Waals surface area contributed by atoms with Crippen LogP contribution in [0.1, 0.15) is 29.8 Å². The third-order valence-corrected chi connectivity index (χ3v) is 3.14. The molecule has 1 aromatic carbocycles. The van der Waals surface area contributed by atoms with E-state index in [0.717, 1.165) is 25.2 Å². The first kappa shape index (κ1) is 14.5. The highest BCUT2D eigenvalue weighted by Gasteiger charge is 2.11. The molecule has 1 amide bonds. The average molecular weight is 249 g/mol. The highest BCUT2D eigenvalue weighted by molar-refractivity contribution is 6.00. The van der Waals surface area contributed by atoms with Crippen LogP contribution in [0.5, 0.6) is 0 Å². The number of hydrogen-bond donors (Lipinski definition) is 2. The second kappa shape index (κ2) is 7.01. The van der Waals surface area contributed by atoms with Crippen molar-refractivity contribution in [2.24, 2.45) is 0 Å². The van der Waals surface area contributed by atoms with Gasteiger partial charge in [0.15, 0.2) is 0 Å². The minimum atomic E-state index is -0.0854. The number of nitrogens with zero attached hydrogens (tertiary/aromatic N) is 1. The van der Waals surface area contributed by atoms with Crippen LogP contribution in [-0.4, -0.2) is 37.0 Å². The fraction of sp³-hybridized carbons (Fsp3) is 0.500. The van der Waals surface area contributed by atoms with Crippen molar-refractivity contribution in [2.75, 3.05) is 31.9 Å². The van der Waals surface area contributed by atoms with Crippen molar-refractivity contribution < 1.29 is 4.79 Å². The summed E-state index contributed by atoms with van der Waals surface area (Å²) in [6.45, 7) is 9.64. The Hall–Kier alpha value is -1.55. The number of nitrogen functional groups attached to an aromatic ring is 1. The van der Waals surface area contributed by atoms with Crippen molar-refractivity contribution in [3.63, 3.8) is 0 Å². The average Bonchev–Trinajstić information content (AvgIpc) is 2.34. The maximum atomic E-state index is 12.0. The molecule has 4 heteroatoms. The molecule has 0 heterocycles. The minimum absolute atomic E-state index is 0.0854. The smallest absolute Gasteiger partial charge is 0.253 e. The second-order valence-electron chi connectivity index (χ2n) is 4.32. The van der Waals surface area contributed by atoms with Crippen molar-refractivity contribution in [3.8, 4) is 0 Å². The van der Waals surface area contributed by atoms with Gasteiger partial charge in [0, 0.05) is 18.8 Å². The molecule has 0 atom stereocenters. The summed E-state index contributed by atoms with van der Waals surface area (Å²) < 4.78 is 0. The van der Waals surface area contributed by atoms with Gasteiger partial charge in [0.25, 0.3) is 5.91 Å². The van der Waals surface area contributed by atoms with Gasteiger partial charge < -0.3 is 16.0 Å². The standard InChI is InChI=1S/C14H23N3O/c1-4-17(5-2)10-9-16-14(18)13-11(3)7-6-8-12(13)15/h6-8H,4-5,9-10,15H2,1-3H3,(H,16,18). The molecule has 0 fully saturated rings. The fourth-order valence-corrected chi connectivity index (χ4v) is 1.96. The Labute approximate surface area is 109 Å². The van der Waals surface area contributed by atoms with Crippen LogP contribution in [0, 0.1) is 6.92 Å². The van der Waals surface area contributed by atoms with Crippen molar-refractivity contribution in [2.45, 2.75) is 20.8 Å². The predicted octanol–water partition coefficient (Wildman–Crippen LogP) is 1.65. The van der Waals surface area contributed by atoms with Crippen LogP contribution < -0.4 is 11.1 Å². The van der Waals surface area contributed by atoms with Gasteiger partial charge in [0.05, 0.1) is 5.56 Å². The van der Waals surface area contributed by atoms with Gasteiger partial charge in [-0.3, -0.25) is 4.79 Å². The number of amides is 1. The zero-order valence-electron chi connectivity index (χ0n) is 11.5. The number of nitrogens with one attached hydrogen (secondary N) is 1. The van der Waals surface area contributed by atoms with Crippen LogP contribution in [0.4, 0.5) is 5.69 Å². The molecule has 18 heavy (non-hydrogen) atoms. The first-order chi connectivity index (χ1) is 8.60. The van der Waals surface area contributed by atoms with Gasteiger partial charge in [-0.05, 0) is 31.6 Å². The lowest BCUT2D eigenvalue weighted by Crippen LogP contribution is -2.35. The maximum absolute atomic E-state index is 12.0. The number of nitrogens with two attached hydrogens (primary N) is 1. The minimum Gasteiger partial charge on any atom is -0.398 e. The molecule has 0 radical (unpaired) electrons. The molecule has 0 aliphatic carbocycles. The Morgan fingerprint density at radius 3 is 2.56 bits per heavy atom. The zero-order chi connectivity index (χ0) is 13.5. The SMILES string of the molecule is CCN(CC)CCNC(=O)c1c(C)cccc1N. The molecule has 0 aliphatic rings. The highest BCUT2D eigenvalue weighted by atomic mass is 16.1. The second-order valence-corrected chi connectivity index (χ2v) is 4.32. The van der Waals surface area contributed by atoms with E-state index in [0.29, 0.717) is 17.8 Å². The predicted molar refractivity (Wildman–Crippen MR) is 75.7 cm³/mol. The van der Waals surface area contributed by atoms with Crippen LogP contribution in [0.3, 0.4) is 0 Å². The molecule has 0 unspecified atom stereocenters. The van der Waals surface area contributed by atoms with Gasteiger partial charge in [-0.1, -0.05) is 26.0 Å². The number of anilines is 1. The summed E-state index contributed by atoms with van der Waals surface area (Å²) in [7, 11) is 0. The Morgan fingerprint density at radius 1 is 1.33 bits per heavy atom. The summed E-state index contributed by atoms with van der Waals surface area (Å²) >= 11 is 0. The monoisotopic (exact) mass is 249 g/mol. The van der Waals surface area contributed by atoms with Gasteiger partial charge in [0.2, 0.25) is 0 Å². The summed E-state index contributed by atoms with van der Waals surface area (Å²) in [5.74, 6) is -0.0854. The Morgan fingerprint density at radius 2 is 2.00 bits per heavy atom. The van der Waals surface area contributed by atoms with Crippen molar-refractivity contribution in [1.29, 1.82) is 0 Å². The van der Waals surface area contributed by atoms with E-state index >= 15 is 0 Å². The number of carbonyl (C=O) groups excluding carboxylic acids is 1. The number of carbonyl (C=O) groups is 1. The van der Waals surface area contributed by atoms with Crippen molar-refractivity contribution >= 4 is 11.6 Å². The third kappa shape index (κ3) is 3.74. The molecule has 0 aliphatic heterocycles. The molecule has 0 bridgehead atoms. The normalized spacial score (nSPS) is 10.7. The topological polar surface area (TPSA) is 58.4 Å². The zero-order valence-corrected chi connectivity index (χ0v) is 11.5. The quantitative estimate of drug-likeness (QED) is 0.754. The largest absolute Gasteiger partial charge is 0.398 e. The van der Waals surface area contributed by atoms with Gasteiger partial charge in [-0.15, -0.1) is 0 Å². The Kier molecular flexibility index (Phi) is 5.65. The molecule has 0 spiro atoms. The molecular weight excluding hydrogens is 226 g/mol. The van der Waals surface area contributed by atoms with E-state index in [9.17, 15) is 4.79 Å². The van der Waals surface area contributed by atoms with Crippen LogP contribution >= 0.6 is 0 Å². The number of benzene rings is 1. The Bertz CT molecular complexity index is 380. The number of hydrogen-bond acceptors (Lipinski definition) is 3. The molecule has 1 aromatic rings. The molecular formula is C14H23N3O. The third-order valence-electron chi connectivity index (χ3n) is 3.14. The van der Waals surface area contributed by atoms with E-state index in [4.69, 9.17) is 5.73 Å². The van der Waals surface area contributed by atoms with E-state index in [2.05, 4.69) is 24.1 Å². The molecule has 100 valence electrons. The maximum Gasteiger partial charge on any atom is 0.253 e. The van der Waals surface area contributed by atoms with E-state index in [1.165, 1.54) is 0 Å². The van der Waals surface area contributed by atoms with Crippen molar-refractivity contribution in [3.05, 3.63) is 29.3 Å². The van der Waals surface area contributed by atoms with Crippen LogP contribution in [0.15, 0.2) is 18.2 Å². The lowest BCUT2D eigenvalue weighted by atomic mass is 10.1. The molecule has 4 nitrogen and oxygen atoms in total. The molecule has 0 saturated carbocycles. The van der Waals surface area contributed by atoms with Crippen LogP contribution in [-0.2, 0) is 0 Å². The fourth-order valence-electron chi connectivity index (χ4n) is 1.96. The van der Waals surface area contributed by atoms with Gasteiger partial charge in [-0.25, -0.2) is 0 Å². The number of rotatable bonds is 6. The summed E-state index contributed by atoms with van der Waals surface area (Å²) in [6, 6.07) is 5.51. The summed E-state index contributed by atoms with van der Waals surface area (Å²) in [5, 5.41) is 2.92. The van der Waals surface area contributed by atoms with Gasteiger partial charge in [0.1, 0.15) is 0 Å². The Balaban J connectivity index is 2.56. The van der Waals surface area contributed by atoms with E-state index < -0.39 is 0 Å². The van der Waals surface area contributed by atoms with Crippen LogP contribution in [0.25, 0.3) is 0 Å². The summed E-state index contributed by atoms with van der Waals surface area (Å²) in [6.07, 6.45) is 0. The lowest BCUT2D eigenvalue weighted by Gasteiger charge is -2.18. The number of aryl methyl sites for hydroxylation is 1. The molecule has 3 N–H and O–H groups in total. The van der Waals surface area contributed by atoms with Gasteiger partial charge in [-0.2, -0.15) is 0 Å². The number of likely N-dealkylation sites (N-methyl/N-ethyl adjacent to an activating group) is 1. The van der Waals surface area contributed by atoms with E-state index in [1.54, 1.807) is 6.07 Å². The van der Waals surface area contributed by atoms with Gasteiger partial charge >= 0.3 is 0 Å². The molecule has 1 rings (SSSR count). The first-order valence-corrected chi connectivity index (χ1v) is 6.45. The lowest BCUT2D eigenvalue weighted by molar-refractivity contribution is 0.0949. The van der Waals surface area contributed by atoms with E-state index in [1.807, 2.05) is 19.1 Å². The van der Waals surface area contributed by atoms with E-state index in [-0.39, 0.29) is 5.91 Å². The molecule has 0 aromatic heterocycles. The molecule has 0 saturated heterocycles. The van der Waals surface area contributed by atoms with Crippen LogP contribution in [0.2, 0.25) is 0 Å². The summed E-state index contributed by atoms with van der Waals surface area (Å²) in [4.78, 5) is 14.3. The first-order valence-electron chi connectivity index (χ1n) is 6.45.